The van der Waals surface area contributed by atoms with E-state index in [2.05, 4.69) is 24.4 Å². The van der Waals surface area contributed by atoms with E-state index in [1.54, 1.807) is 0 Å². The quantitative estimate of drug-likeness (QED) is 0.587. The standard InChI is InChI=1S/C24H31NO3/c1-2-3-5-10-22(26)18-11-13-20(14-12-18)24(19-8-6-4-7-9-19)28-17-21-15-16-23(27)25-21/h4,6-9,11-14,21-22,24,26H,2-3,5,10,15-17H2,1H3,(H,25,27)/t21?,22?,24-/m1/s1. The molecular formula is C24H31NO3. The van der Waals surface area contributed by atoms with Crippen LogP contribution in [0.25, 0.3) is 0 Å². The second-order valence-electron chi connectivity index (χ2n) is 7.61. The van der Waals surface area contributed by atoms with E-state index in [1.165, 1.54) is 0 Å². The van der Waals surface area contributed by atoms with E-state index in [0.29, 0.717) is 13.0 Å². The van der Waals surface area contributed by atoms with Crippen molar-refractivity contribution in [3.05, 3.63) is 71.3 Å². The number of hydrogen-bond donors (Lipinski definition) is 2. The van der Waals surface area contributed by atoms with Crippen molar-refractivity contribution in [3.63, 3.8) is 0 Å². The lowest BCUT2D eigenvalue weighted by Crippen LogP contribution is -2.30. The van der Waals surface area contributed by atoms with E-state index in [-0.39, 0.29) is 18.1 Å². The second-order valence-corrected chi connectivity index (χ2v) is 7.61. The molecule has 3 atom stereocenters. The summed E-state index contributed by atoms with van der Waals surface area (Å²) in [6, 6.07) is 18.3. The minimum absolute atomic E-state index is 0.0818. The summed E-state index contributed by atoms with van der Waals surface area (Å²) in [6.07, 6.45) is 4.95. The molecule has 1 heterocycles. The fourth-order valence-corrected chi connectivity index (χ4v) is 3.67. The Labute approximate surface area is 167 Å². The second kappa shape index (κ2) is 10.4. The molecule has 3 rings (SSSR count). The molecule has 1 saturated heterocycles. The molecule has 0 radical (unpaired) electrons. The number of unbranched alkanes of at least 4 members (excludes halogenated alkanes) is 2. The maximum Gasteiger partial charge on any atom is 0.220 e. The molecule has 0 bridgehead atoms. The number of amides is 1. The van der Waals surface area contributed by atoms with Crippen molar-refractivity contribution in [1.29, 1.82) is 0 Å². The Kier molecular flexibility index (Phi) is 7.63. The highest BCUT2D eigenvalue weighted by molar-refractivity contribution is 5.78. The monoisotopic (exact) mass is 381 g/mol. The molecule has 2 unspecified atom stereocenters. The molecule has 0 aromatic heterocycles. The van der Waals surface area contributed by atoms with Gasteiger partial charge in [-0.1, -0.05) is 80.8 Å². The molecule has 0 aliphatic carbocycles. The zero-order valence-electron chi connectivity index (χ0n) is 16.6. The zero-order chi connectivity index (χ0) is 19.8. The van der Waals surface area contributed by atoms with Crippen LogP contribution in [0, 0.1) is 0 Å². The highest BCUT2D eigenvalue weighted by Crippen LogP contribution is 2.29. The van der Waals surface area contributed by atoms with Crippen LogP contribution in [0.15, 0.2) is 54.6 Å². The van der Waals surface area contributed by atoms with Crippen molar-refractivity contribution < 1.29 is 14.6 Å². The van der Waals surface area contributed by atoms with Gasteiger partial charge in [0, 0.05) is 6.42 Å². The number of rotatable bonds is 10. The van der Waals surface area contributed by atoms with Crippen LogP contribution in [0.4, 0.5) is 0 Å². The fraction of sp³-hybridized carbons (Fsp3) is 0.458. The molecule has 0 saturated carbocycles. The van der Waals surface area contributed by atoms with Gasteiger partial charge >= 0.3 is 0 Å². The molecular weight excluding hydrogens is 350 g/mol. The molecule has 0 spiro atoms. The minimum atomic E-state index is -0.412. The number of nitrogens with one attached hydrogen (secondary N) is 1. The number of ether oxygens (including phenoxy) is 1. The first kappa shape index (κ1) is 20.6. The summed E-state index contributed by atoms with van der Waals surface area (Å²) in [5, 5.41) is 13.4. The number of aliphatic hydroxyl groups excluding tert-OH is 1. The zero-order valence-corrected chi connectivity index (χ0v) is 16.6. The van der Waals surface area contributed by atoms with Gasteiger partial charge in [0.1, 0.15) is 6.10 Å². The van der Waals surface area contributed by atoms with Gasteiger partial charge in [-0.3, -0.25) is 4.79 Å². The Morgan fingerprint density at radius 2 is 1.71 bits per heavy atom. The molecule has 2 N–H and O–H groups in total. The molecule has 2 aromatic rings. The van der Waals surface area contributed by atoms with Crippen LogP contribution in [0.2, 0.25) is 0 Å². The normalized spacial score (nSPS) is 18.6. The molecule has 150 valence electrons. The molecule has 2 aromatic carbocycles. The van der Waals surface area contributed by atoms with Gasteiger partial charge < -0.3 is 15.2 Å². The molecule has 1 fully saturated rings. The Morgan fingerprint density at radius 1 is 1.04 bits per heavy atom. The summed E-state index contributed by atoms with van der Waals surface area (Å²) in [5.74, 6) is 0.103. The lowest BCUT2D eigenvalue weighted by atomic mass is 9.97. The van der Waals surface area contributed by atoms with E-state index in [4.69, 9.17) is 4.74 Å². The third-order valence-electron chi connectivity index (χ3n) is 5.36. The number of carbonyl (C=O) groups excluding carboxylic acids is 1. The number of benzene rings is 2. The highest BCUT2D eigenvalue weighted by atomic mass is 16.5. The SMILES string of the molecule is CCCCCC(O)c1ccc([C@H](OCC2CCC(=O)N2)c2ccccc2)cc1. The predicted octanol–water partition coefficient (Wildman–Crippen LogP) is 4.68. The predicted molar refractivity (Wildman–Crippen MR) is 111 cm³/mol. The van der Waals surface area contributed by atoms with E-state index >= 15 is 0 Å². The molecule has 1 amide bonds. The van der Waals surface area contributed by atoms with Gasteiger partial charge in [-0.25, -0.2) is 0 Å². The van der Waals surface area contributed by atoms with Gasteiger partial charge in [0.25, 0.3) is 0 Å². The molecule has 4 heteroatoms. The number of carbonyl (C=O) groups is 1. The van der Waals surface area contributed by atoms with Crippen molar-refractivity contribution >= 4 is 5.91 Å². The summed E-state index contributed by atoms with van der Waals surface area (Å²) in [6.45, 7) is 2.66. The van der Waals surface area contributed by atoms with Gasteiger partial charge in [-0.15, -0.1) is 0 Å². The van der Waals surface area contributed by atoms with Crippen molar-refractivity contribution in [3.8, 4) is 0 Å². The van der Waals surface area contributed by atoms with Gasteiger partial charge in [0.2, 0.25) is 5.91 Å². The van der Waals surface area contributed by atoms with Gasteiger partial charge in [0.05, 0.1) is 18.8 Å². The first-order chi connectivity index (χ1) is 13.7. The lowest BCUT2D eigenvalue weighted by Gasteiger charge is -2.22. The van der Waals surface area contributed by atoms with Crippen molar-refractivity contribution in [2.75, 3.05) is 6.61 Å². The van der Waals surface area contributed by atoms with Crippen LogP contribution in [0.3, 0.4) is 0 Å². The Bertz CT molecular complexity index is 729. The summed E-state index contributed by atoms with van der Waals surface area (Å²) < 4.78 is 6.25. The largest absolute Gasteiger partial charge is 0.388 e. The van der Waals surface area contributed by atoms with Crippen molar-refractivity contribution in [2.45, 2.75) is 63.7 Å². The van der Waals surface area contributed by atoms with Crippen LogP contribution < -0.4 is 5.32 Å². The third-order valence-corrected chi connectivity index (χ3v) is 5.36. The van der Waals surface area contributed by atoms with Crippen molar-refractivity contribution in [2.24, 2.45) is 0 Å². The molecule has 28 heavy (non-hydrogen) atoms. The summed E-state index contributed by atoms with van der Waals surface area (Å²) in [4.78, 5) is 11.4. The van der Waals surface area contributed by atoms with Gasteiger partial charge in [0.15, 0.2) is 0 Å². The highest BCUT2D eigenvalue weighted by Gasteiger charge is 2.23. The van der Waals surface area contributed by atoms with Crippen LogP contribution in [-0.4, -0.2) is 23.7 Å². The first-order valence-corrected chi connectivity index (χ1v) is 10.4. The smallest absolute Gasteiger partial charge is 0.220 e. The molecule has 4 nitrogen and oxygen atoms in total. The molecule has 1 aliphatic heterocycles. The topological polar surface area (TPSA) is 58.6 Å². The third kappa shape index (κ3) is 5.66. The number of hydrogen-bond acceptors (Lipinski definition) is 3. The maximum absolute atomic E-state index is 11.4. The fourth-order valence-electron chi connectivity index (χ4n) is 3.67. The van der Waals surface area contributed by atoms with Gasteiger partial charge in [-0.05, 0) is 29.5 Å². The van der Waals surface area contributed by atoms with Gasteiger partial charge in [-0.2, -0.15) is 0 Å². The van der Waals surface area contributed by atoms with Crippen molar-refractivity contribution in [1.82, 2.24) is 5.32 Å². The summed E-state index contributed by atoms with van der Waals surface area (Å²) in [7, 11) is 0. The lowest BCUT2D eigenvalue weighted by molar-refractivity contribution is -0.119. The molecule has 1 aliphatic rings. The summed E-state index contributed by atoms with van der Waals surface area (Å²) in [5.41, 5.74) is 3.10. The Hall–Kier alpha value is -2.17. The van der Waals surface area contributed by atoms with Crippen LogP contribution in [0.1, 0.15) is 74.3 Å². The van der Waals surface area contributed by atoms with Crippen LogP contribution in [-0.2, 0) is 9.53 Å². The Morgan fingerprint density at radius 3 is 2.36 bits per heavy atom. The van der Waals surface area contributed by atoms with E-state index in [9.17, 15) is 9.90 Å². The minimum Gasteiger partial charge on any atom is -0.388 e. The Balaban J connectivity index is 1.69. The first-order valence-electron chi connectivity index (χ1n) is 10.4. The average Bonchev–Trinajstić information content (AvgIpc) is 3.15. The van der Waals surface area contributed by atoms with E-state index in [1.807, 2.05) is 42.5 Å². The maximum atomic E-state index is 11.4. The van der Waals surface area contributed by atoms with E-state index < -0.39 is 6.10 Å². The summed E-state index contributed by atoms with van der Waals surface area (Å²) >= 11 is 0. The average molecular weight is 382 g/mol. The van der Waals surface area contributed by atoms with Crippen LogP contribution >= 0.6 is 0 Å². The van der Waals surface area contributed by atoms with Crippen LogP contribution in [0.5, 0.6) is 0 Å². The number of aliphatic hydroxyl groups is 1. The van der Waals surface area contributed by atoms with E-state index in [0.717, 1.165) is 48.8 Å².